The van der Waals surface area contributed by atoms with Crippen LogP contribution in [0.1, 0.15) is 12.0 Å². The summed E-state index contributed by atoms with van der Waals surface area (Å²) in [5, 5.41) is 9.30. The van der Waals surface area contributed by atoms with Gasteiger partial charge in [0.05, 0.1) is 11.7 Å². The van der Waals surface area contributed by atoms with E-state index in [2.05, 4.69) is 0 Å². The maximum atomic E-state index is 13.1. The third-order valence-electron chi connectivity index (χ3n) is 2.74. The van der Waals surface area contributed by atoms with Gasteiger partial charge in [-0.1, -0.05) is 0 Å². The van der Waals surface area contributed by atoms with E-state index in [0.717, 1.165) is 12.1 Å². The van der Waals surface area contributed by atoms with Gasteiger partial charge in [-0.3, -0.25) is 0 Å². The molecule has 1 fully saturated rings. The standard InChI is InChI=1S/C11H11F4NO/c12-8-3-7(11(13,14)15)4-9(5-8)16-2-1-10(17)6-16/h3-5,10,17H,1-2,6H2. The molecule has 1 aromatic rings. The van der Waals surface area contributed by atoms with E-state index in [1.54, 1.807) is 4.90 Å². The minimum atomic E-state index is -4.56. The molecule has 1 aliphatic heterocycles. The fraction of sp³-hybridized carbons (Fsp3) is 0.455. The summed E-state index contributed by atoms with van der Waals surface area (Å²) in [6.07, 6.45) is -4.64. The molecule has 1 heterocycles. The summed E-state index contributed by atoms with van der Waals surface area (Å²) in [5.41, 5.74) is -0.845. The first-order valence-corrected chi connectivity index (χ1v) is 5.17. The van der Waals surface area contributed by atoms with Crippen LogP contribution in [-0.4, -0.2) is 24.3 Å². The summed E-state index contributed by atoms with van der Waals surface area (Å²) >= 11 is 0. The third kappa shape index (κ3) is 2.69. The van der Waals surface area contributed by atoms with Crippen LogP contribution in [0, 0.1) is 5.82 Å². The molecule has 94 valence electrons. The summed E-state index contributed by atoms with van der Waals surface area (Å²) in [6.45, 7) is 0.669. The predicted molar refractivity (Wildman–Crippen MR) is 54.2 cm³/mol. The van der Waals surface area contributed by atoms with Crippen LogP contribution >= 0.6 is 0 Å². The number of rotatable bonds is 1. The van der Waals surface area contributed by atoms with E-state index in [0.29, 0.717) is 19.0 Å². The molecule has 0 bridgehead atoms. The van der Waals surface area contributed by atoms with Crippen molar-refractivity contribution in [1.82, 2.24) is 0 Å². The van der Waals surface area contributed by atoms with Crippen molar-refractivity contribution in [2.24, 2.45) is 0 Å². The van der Waals surface area contributed by atoms with E-state index in [1.807, 2.05) is 0 Å². The zero-order valence-corrected chi connectivity index (χ0v) is 8.84. The Kier molecular flexibility index (Phi) is 2.99. The van der Waals surface area contributed by atoms with Crippen molar-refractivity contribution < 1.29 is 22.7 Å². The lowest BCUT2D eigenvalue weighted by Crippen LogP contribution is -2.22. The molecule has 1 aromatic carbocycles. The summed E-state index contributed by atoms with van der Waals surface area (Å²) < 4.78 is 50.6. The van der Waals surface area contributed by atoms with Crippen LogP contribution in [0.15, 0.2) is 18.2 Å². The number of halogens is 4. The number of alkyl halides is 3. The highest BCUT2D eigenvalue weighted by molar-refractivity contribution is 5.50. The Morgan fingerprint density at radius 2 is 1.94 bits per heavy atom. The van der Waals surface area contributed by atoms with Crippen molar-refractivity contribution in [1.29, 1.82) is 0 Å². The van der Waals surface area contributed by atoms with E-state index >= 15 is 0 Å². The van der Waals surface area contributed by atoms with Gasteiger partial charge in [-0.15, -0.1) is 0 Å². The molecular weight excluding hydrogens is 238 g/mol. The maximum Gasteiger partial charge on any atom is 0.416 e. The molecule has 0 amide bonds. The lowest BCUT2D eigenvalue weighted by molar-refractivity contribution is -0.137. The molecule has 0 spiro atoms. The number of nitrogens with zero attached hydrogens (tertiary/aromatic N) is 1. The van der Waals surface area contributed by atoms with Crippen LogP contribution in [0.3, 0.4) is 0 Å². The minimum absolute atomic E-state index is 0.161. The van der Waals surface area contributed by atoms with Crippen molar-refractivity contribution in [3.63, 3.8) is 0 Å². The topological polar surface area (TPSA) is 23.5 Å². The second-order valence-electron chi connectivity index (χ2n) is 4.08. The zero-order chi connectivity index (χ0) is 12.6. The van der Waals surface area contributed by atoms with Crippen LogP contribution < -0.4 is 4.90 Å². The van der Waals surface area contributed by atoms with Crippen molar-refractivity contribution >= 4 is 5.69 Å². The zero-order valence-electron chi connectivity index (χ0n) is 8.84. The summed E-state index contributed by atoms with van der Waals surface area (Å²) in [4.78, 5) is 1.54. The molecule has 17 heavy (non-hydrogen) atoms. The largest absolute Gasteiger partial charge is 0.416 e. The number of hydrogen-bond acceptors (Lipinski definition) is 2. The predicted octanol–water partition coefficient (Wildman–Crippen LogP) is 2.42. The van der Waals surface area contributed by atoms with Gasteiger partial charge in [0, 0.05) is 18.8 Å². The summed E-state index contributed by atoms with van der Waals surface area (Å²) in [7, 11) is 0. The molecular formula is C11H11F4NO. The number of aliphatic hydroxyl groups excluding tert-OH is 1. The van der Waals surface area contributed by atoms with Gasteiger partial charge in [-0.05, 0) is 24.6 Å². The molecule has 1 saturated heterocycles. The molecule has 1 atom stereocenters. The van der Waals surface area contributed by atoms with Crippen LogP contribution in [0.4, 0.5) is 23.2 Å². The van der Waals surface area contributed by atoms with Gasteiger partial charge in [0.25, 0.3) is 0 Å². The summed E-state index contributed by atoms with van der Waals surface area (Å²) in [6, 6.07) is 2.42. The van der Waals surface area contributed by atoms with Gasteiger partial charge in [0.15, 0.2) is 0 Å². The number of benzene rings is 1. The molecule has 6 heteroatoms. The molecule has 0 aromatic heterocycles. The Bertz CT molecular complexity index is 418. The van der Waals surface area contributed by atoms with Crippen molar-refractivity contribution in [3.8, 4) is 0 Å². The van der Waals surface area contributed by atoms with Gasteiger partial charge >= 0.3 is 6.18 Å². The quantitative estimate of drug-likeness (QED) is 0.772. The van der Waals surface area contributed by atoms with Crippen molar-refractivity contribution in [3.05, 3.63) is 29.6 Å². The molecule has 1 aliphatic rings. The van der Waals surface area contributed by atoms with Crippen LogP contribution in [-0.2, 0) is 6.18 Å². The fourth-order valence-electron chi connectivity index (χ4n) is 1.90. The van der Waals surface area contributed by atoms with E-state index in [9.17, 15) is 22.7 Å². The normalized spacial score (nSPS) is 21.0. The summed E-state index contributed by atoms with van der Waals surface area (Å²) in [5.74, 6) is -0.920. The second kappa shape index (κ2) is 4.18. The Labute approximate surface area is 95.5 Å². The lowest BCUT2D eigenvalue weighted by atomic mass is 10.1. The van der Waals surface area contributed by atoms with E-state index < -0.39 is 23.7 Å². The molecule has 2 nitrogen and oxygen atoms in total. The Balaban J connectivity index is 2.32. The Morgan fingerprint density at radius 3 is 2.47 bits per heavy atom. The first-order chi connectivity index (χ1) is 7.86. The monoisotopic (exact) mass is 249 g/mol. The molecule has 0 aliphatic carbocycles. The van der Waals surface area contributed by atoms with E-state index in [4.69, 9.17) is 0 Å². The van der Waals surface area contributed by atoms with Gasteiger partial charge < -0.3 is 10.0 Å². The highest BCUT2D eigenvalue weighted by Crippen LogP contribution is 2.33. The third-order valence-corrected chi connectivity index (χ3v) is 2.74. The van der Waals surface area contributed by atoms with Crippen molar-refractivity contribution in [2.75, 3.05) is 18.0 Å². The maximum absolute atomic E-state index is 13.1. The first-order valence-electron chi connectivity index (χ1n) is 5.17. The number of hydrogen-bond donors (Lipinski definition) is 1. The van der Waals surface area contributed by atoms with Gasteiger partial charge in [0.2, 0.25) is 0 Å². The average molecular weight is 249 g/mol. The van der Waals surface area contributed by atoms with Gasteiger partial charge in [-0.2, -0.15) is 13.2 Å². The Hall–Kier alpha value is -1.30. The molecule has 0 radical (unpaired) electrons. The fourth-order valence-corrected chi connectivity index (χ4v) is 1.90. The van der Waals surface area contributed by atoms with Crippen LogP contribution in [0.25, 0.3) is 0 Å². The highest BCUT2D eigenvalue weighted by atomic mass is 19.4. The average Bonchev–Trinajstić information content (AvgIpc) is 2.62. The van der Waals surface area contributed by atoms with Crippen molar-refractivity contribution in [2.45, 2.75) is 18.7 Å². The smallest absolute Gasteiger partial charge is 0.391 e. The van der Waals surface area contributed by atoms with E-state index in [1.165, 1.54) is 0 Å². The number of anilines is 1. The van der Waals surface area contributed by atoms with Crippen LogP contribution in [0.2, 0.25) is 0 Å². The second-order valence-corrected chi connectivity index (χ2v) is 4.08. The molecule has 2 rings (SSSR count). The van der Waals surface area contributed by atoms with Crippen LogP contribution in [0.5, 0.6) is 0 Å². The van der Waals surface area contributed by atoms with Gasteiger partial charge in [-0.25, -0.2) is 4.39 Å². The lowest BCUT2D eigenvalue weighted by Gasteiger charge is -2.19. The van der Waals surface area contributed by atoms with Gasteiger partial charge in [0.1, 0.15) is 5.82 Å². The first kappa shape index (κ1) is 12.2. The minimum Gasteiger partial charge on any atom is -0.391 e. The number of β-amino-alcohol motifs (C(OH)–C–C–N with tert-alkyl or cyclic N) is 1. The molecule has 0 saturated carbocycles. The highest BCUT2D eigenvalue weighted by Gasteiger charge is 2.32. The Morgan fingerprint density at radius 1 is 1.24 bits per heavy atom. The molecule has 1 N–H and O–H groups in total. The van der Waals surface area contributed by atoms with E-state index in [-0.39, 0.29) is 12.2 Å². The number of aliphatic hydroxyl groups is 1. The SMILES string of the molecule is OC1CCN(c2cc(F)cc(C(F)(F)F)c2)C1. The molecule has 1 unspecified atom stereocenters.